The average molecular weight is 487 g/mol. The van der Waals surface area contributed by atoms with Crippen LogP contribution in [0.5, 0.6) is 11.5 Å². The fourth-order valence-corrected chi connectivity index (χ4v) is 4.19. The number of hydrogen-bond donors (Lipinski definition) is 1. The molecule has 178 valence electrons. The molecule has 0 aliphatic rings. The van der Waals surface area contributed by atoms with Crippen LogP contribution in [0.15, 0.2) is 41.6 Å². The third-order valence-electron chi connectivity index (χ3n) is 4.62. The topological polar surface area (TPSA) is 108 Å². The number of sulfone groups is 1. The Kier molecular flexibility index (Phi) is 6.72. The molecule has 2 aromatic heterocycles. The highest BCUT2D eigenvalue weighted by molar-refractivity contribution is 7.91. The number of methoxy groups -OCH3 is 2. The van der Waals surface area contributed by atoms with Crippen LogP contribution in [0.1, 0.15) is 22.8 Å². The molecule has 0 amide bonds. The SMILES string of the molecule is CCS(=O)(=O)c1c(NCc2ccc(OC(F)(F)F)cc2C(=O)OC)nc2ccc(OC)cn12. The fourth-order valence-electron chi connectivity index (χ4n) is 3.06. The first-order valence-corrected chi connectivity index (χ1v) is 11.1. The molecule has 0 aliphatic carbocycles. The van der Waals surface area contributed by atoms with Crippen LogP contribution in [0.25, 0.3) is 5.65 Å². The van der Waals surface area contributed by atoms with Gasteiger partial charge in [-0.1, -0.05) is 13.0 Å². The van der Waals surface area contributed by atoms with Crippen LogP contribution in [0.4, 0.5) is 19.0 Å². The summed E-state index contributed by atoms with van der Waals surface area (Å²) in [6.07, 6.45) is -3.46. The lowest BCUT2D eigenvalue weighted by atomic mass is 10.1. The van der Waals surface area contributed by atoms with Crippen LogP contribution in [-0.2, 0) is 21.1 Å². The quantitative estimate of drug-likeness (QED) is 0.482. The Labute approximate surface area is 187 Å². The molecule has 0 bridgehead atoms. The predicted octanol–water partition coefficient (Wildman–Crippen LogP) is 3.43. The fraction of sp³-hybridized carbons (Fsp3) is 0.300. The van der Waals surface area contributed by atoms with Gasteiger partial charge in [0.1, 0.15) is 17.1 Å². The number of fused-ring (bicyclic) bond motifs is 1. The first kappa shape index (κ1) is 24.2. The number of anilines is 1. The number of carbonyl (C=O) groups excluding carboxylic acids is 1. The van der Waals surface area contributed by atoms with Gasteiger partial charge in [0.15, 0.2) is 20.7 Å². The number of carbonyl (C=O) groups is 1. The molecule has 1 N–H and O–H groups in total. The van der Waals surface area contributed by atoms with Gasteiger partial charge in [0.25, 0.3) is 0 Å². The smallest absolute Gasteiger partial charge is 0.495 e. The summed E-state index contributed by atoms with van der Waals surface area (Å²) >= 11 is 0. The van der Waals surface area contributed by atoms with Gasteiger partial charge in [-0.2, -0.15) is 0 Å². The summed E-state index contributed by atoms with van der Waals surface area (Å²) in [5.41, 5.74) is 0.385. The Morgan fingerprint density at radius 2 is 1.85 bits per heavy atom. The molecule has 3 aromatic rings. The van der Waals surface area contributed by atoms with Gasteiger partial charge in [-0.3, -0.25) is 4.40 Å². The minimum absolute atomic E-state index is 0.0107. The van der Waals surface area contributed by atoms with E-state index in [4.69, 9.17) is 4.74 Å². The Morgan fingerprint density at radius 1 is 1.15 bits per heavy atom. The van der Waals surface area contributed by atoms with Crippen LogP contribution in [0.2, 0.25) is 0 Å². The summed E-state index contributed by atoms with van der Waals surface area (Å²) < 4.78 is 78.2. The maximum absolute atomic E-state index is 12.8. The summed E-state index contributed by atoms with van der Waals surface area (Å²) in [6.45, 7) is 1.34. The van der Waals surface area contributed by atoms with Gasteiger partial charge >= 0.3 is 12.3 Å². The molecule has 3 rings (SSSR count). The molecule has 0 fully saturated rings. The van der Waals surface area contributed by atoms with E-state index in [1.54, 1.807) is 12.1 Å². The van der Waals surface area contributed by atoms with E-state index in [2.05, 4.69) is 19.8 Å². The molecule has 9 nitrogen and oxygen atoms in total. The number of imidazole rings is 1. The average Bonchev–Trinajstić information content (AvgIpc) is 3.14. The van der Waals surface area contributed by atoms with Gasteiger partial charge < -0.3 is 19.5 Å². The van der Waals surface area contributed by atoms with E-state index in [0.717, 1.165) is 19.2 Å². The van der Waals surface area contributed by atoms with Gasteiger partial charge in [-0.05, 0) is 29.8 Å². The second-order valence-electron chi connectivity index (χ2n) is 6.68. The molecule has 0 unspecified atom stereocenters. The third-order valence-corrected chi connectivity index (χ3v) is 6.36. The number of hydrogen-bond acceptors (Lipinski definition) is 8. The maximum Gasteiger partial charge on any atom is 0.573 e. The first-order valence-electron chi connectivity index (χ1n) is 9.48. The standard InChI is InChI=1S/C20H20F3N3O6S/c1-4-33(28,29)18-17(25-16-8-7-14(30-2)11-26(16)18)24-10-12-5-6-13(32-20(21,22)23)9-15(12)19(27)31-3/h5-9,11,24H,4,10H2,1-3H3. The lowest BCUT2D eigenvalue weighted by Gasteiger charge is -2.13. The van der Waals surface area contributed by atoms with Crippen molar-refractivity contribution in [3.05, 3.63) is 47.7 Å². The summed E-state index contributed by atoms with van der Waals surface area (Å²) in [5.74, 6) is -1.27. The van der Waals surface area contributed by atoms with Crippen molar-refractivity contribution >= 4 is 27.3 Å². The van der Waals surface area contributed by atoms with Crippen molar-refractivity contribution < 1.29 is 40.6 Å². The highest BCUT2D eigenvalue weighted by Crippen LogP contribution is 2.29. The Morgan fingerprint density at radius 3 is 2.45 bits per heavy atom. The predicted molar refractivity (Wildman–Crippen MR) is 111 cm³/mol. The van der Waals surface area contributed by atoms with Crippen LogP contribution in [0.3, 0.4) is 0 Å². The van der Waals surface area contributed by atoms with Crippen molar-refractivity contribution in [2.75, 3.05) is 25.3 Å². The van der Waals surface area contributed by atoms with Crippen molar-refractivity contribution in [1.29, 1.82) is 0 Å². The van der Waals surface area contributed by atoms with E-state index in [0.29, 0.717) is 11.4 Å². The molecule has 0 saturated carbocycles. The van der Waals surface area contributed by atoms with E-state index < -0.39 is 27.9 Å². The van der Waals surface area contributed by atoms with Gasteiger partial charge in [0, 0.05) is 6.54 Å². The van der Waals surface area contributed by atoms with Gasteiger partial charge in [-0.25, -0.2) is 18.2 Å². The Balaban J connectivity index is 2.02. The molecule has 33 heavy (non-hydrogen) atoms. The Hall–Kier alpha value is -3.48. The zero-order chi connectivity index (χ0) is 24.4. The molecular weight excluding hydrogens is 467 g/mol. The molecule has 2 heterocycles. The number of pyridine rings is 1. The number of nitrogens with zero attached hydrogens (tertiary/aromatic N) is 2. The van der Waals surface area contributed by atoms with Gasteiger partial charge in [0.2, 0.25) is 0 Å². The molecule has 0 aliphatic heterocycles. The molecule has 0 atom stereocenters. The number of esters is 1. The van der Waals surface area contributed by atoms with Crippen molar-refractivity contribution in [3.8, 4) is 11.5 Å². The highest BCUT2D eigenvalue weighted by atomic mass is 32.2. The minimum atomic E-state index is -4.94. The van der Waals surface area contributed by atoms with E-state index in [1.807, 2.05) is 0 Å². The molecule has 0 spiro atoms. The lowest BCUT2D eigenvalue weighted by Crippen LogP contribution is -2.18. The molecular formula is C20H20F3N3O6S. The lowest BCUT2D eigenvalue weighted by molar-refractivity contribution is -0.274. The first-order chi connectivity index (χ1) is 15.5. The monoisotopic (exact) mass is 487 g/mol. The van der Waals surface area contributed by atoms with Gasteiger partial charge in [-0.15, -0.1) is 13.2 Å². The number of halogens is 3. The summed E-state index contributed by atoms with van der Waals surface area (Å²) in [6, 6.07) is 6.36. The zero-order valence-electron chi connectivity index (χ0n) is 17.8. The van der Waals surface area contributed by atoms with Gasteiger partial charge in [0.05, 0.1) is 31.7 Å². The van der Waals surface area contributed by atoms with E-state index in [-0.39, 0.29) is 34.3 Å². The second-order valence-corrected chi connectivity index (χ2v) is 8.87. The maximum atomic E-state index is 12.8. The summed E-state index contributed by atoms with van der Waals surface area (Å²) in [7, 11) is -1.24. The molecule has 0 radical (unpaired) electrons. The van der Waals surface area contributed by atoms with Crippen LogP contribution >= 0.6 is 0 Å². The van der Waals surface area contributed by atoms with Crippen molar-refractivity contribution in [2.24, 2.45) is 0 Å². The number of benzene rings is 1. The van der Waals surface area contributed by atoms with E-state index in [1.165, 1.54) is 30.7 Å². The van der Waals surface area contributed by atoms with Crippen LogP contribution in [-0.4, -0.2) is 50.1 Å². The zero-order valence-corrected chi connectivity index (χ0v) is 18.6. The number of aromatic nitrogens is 2. The summed E-state index contributed by atoms with van der Waals surface area (Å²) in [4.78, 5) is 16.4. The molecule has 1 aromatic carbocycles. The Bertz CT molecular complexity index is 1290. The van der Waals surface area contributed by atoms with Crippen molar-refractivity contribution in [3.63, 3.8) is 0 Å². The van der Waals surface area contributed by atoms with Crippen molar-refractivity contribution in [2.45, 2.75) is 24.9 Å². The normalized spacial score (nSPS) is 11.9. The number of ether oxygens (including phenoxy) is 3. The second kappa shape index (κ2) is 9.17. The van der Waals surface area contributed by atoms with Crippen LogP contribution in [0, 0.1) is 0 Å². The molecule has 0 saturated heterocycles. The number of rotatable bonds is 8. The van der Waals surface area contributed by atoms with Crippen LogP contribution < -0.4 is 14.8 Å². The largest absolute Gasteiger partial charge is 0.573 e. The minimum Gasteiger partial charge on any atom is -0.495 e. The highest BCUT2D eigenvalue weighted by Gasteiger charge is 2.32. The third kappa shape index (κ3) is 5.30. The summed E-state index contributed by atoms with van der Waals surface area (Å²) in [5, 5.41) is 2.75. The number of nitrogens with one attached hydrogen (secondary N) is 1. The van der Waals surface area contributed by atoms with Crippen molar-refractivity contribution in [1.82, 2.24) is 9.38 Å². The molecule has 13 heteroatoms. The van der Waals surface area contributed by atoms with E-state index >= 15 is 0 Å². The van der Waals surface area contributed by atoms with E-state index in [9.17, 15) is 26.4 Å². The number of alkyl halides is 3.